The van der Waals surface area contributed by atoms with E-state index in [9.17, 15) is 0 Å². The average Bonchev–Trinajstić information content (AvgIpc) is 2.80. The molecule has 3 N–H and O–H groups in total. The lowest BCUT2D eigenvalue weighted by Gasteiger charge is -2.10. The van der Waals surface area contributed by atoms with Crippen LogP contribution in [0.2, 0.25) is 0 Å². The molecular weight excluding hydrogens is 266 g/mol. The quantitative estimate of drug-likeness (QED) is 0.911. The molecule has 1 aromatic heterocycles. The Balaban J connectivity index is 1.30. The zero-order valence-electron chi connectivity index (χ0n) is 11.4. The van der Waals surface area contributed by atoms with Crippen molar-refractivity contribution in [3.8, 4) is 0 Å². The van der Waals surface area contributed by atoms with E-state index in [1.807, 2.05) is 0 Å². The number of hydrogen-bond acceptors (Lipinski definition) is 4. The Hall–Kier alpha value is -1.13. The first-order valence-electron chi connectivity index (χ1n) is 7.68. The molecule has 4 heteroatoms. The minimum absolute atomic E-state index is 0.665. The van der Waals surface area contributed by atoms with Crippen LogP contribution in [0.5, 0.6) is 0 Å². The van der Waals surface area contributed by atoms with Crippen molar-refractivity contribution in [2.75, 3.05) is 5.73 Å². The number of anilines is 1. The summed E-state index contributed by atoms with van der Waals surface area (Å²) in [5.74, 6) is 4.12. The van der Waals surface area contributed by atoms with Crippen LogP contribution in [-0.2, 0) is 6.54 Å². The van der Waals surface area contributed by atoms with E-state index in [1.54, 1.807) is 11.3 Å². The van der Waals surface area contributed by atoms with Gasteiger partial charge in [0.15, 0.2) is 5.13 Å². The standard InChI is InChI=1S/C16H19N3S/c17-16-19-11-4-1-8(5-12(11)20-16)7-18-15-13-9-2-3-10(6-9)14(13)15/h1,4-5,9-10,13-15,18H,2-3,6-7H2,(H2,17,19). The van der Waals surface area contributed by atoms with Gasteiger partial charge in [-0.1, -0.05) is 17.4 Å². The van der Waals surface area contributed by atoms with Crippen molar-refractivity contribution in [3.63, 3.8) is 0 Å². The topological polar surface area (TPSA) is 50.9 Å². The molecule has 5 rings (SSSR count). The normalized spacial score (nSPS) is 37.5. The van der Waals surface area contributed by atoms with Crippen LogP contribution in [0.4, 0.5) is 5.13 Å². The molecule has 2 aromatic rings. The Morgan fingerprint density at radius 2 is 2.05 bits per heavy atom. The molecule has 3 aliphatic rings. The summed E-state index contributed by atoms with van der Waals surface area (Å²) < 4.78 is 1.21. The number of nitrogens with zero attached hydrogens (tertiary/aromatic N) is 1. The van der Waals surface area contributed by atoms with Crippen molar-refractivity contribution in [1.82, 2.24) is 10.3 Å². The van der Waals surface area contributed by atoms with Gasteiger partial charge < -0.3 is 11.1 Å². The number of benzene rings is 1. The molecule has 0 saturated heterocycles. The maximum Gasteiger partial charge on any atom is 0.181 e. The highest BCUT2D eigenvalue weighted by molar-refractivity contribution is 7.22. The van der Waals surface area contributed by atoms with E-state index >= 15 is 0 Å². The number of rotatable bonds is 3. The summed E-state index contributed by atoms with van der Waals surface area (Å²) in [4.78, 5) is 4.31. The van der Waals surface area contributed by atoms with Crippen molar-refractivity contribution < 1.29 is 0 Å². The van der Waals surface area contributed by atoms with E-state index in [2.05, 4.69) is 28.5 Å². The molecule has 3 saturated carbocycles. The maximum atomic E-state index is 5.76. The first kappa shape index (κ1) is 11.5. The van der Waals surface area contributed by atoms with Gasteiger partial charge in [-0.3, -0.25) is 0 Å². The van der Waals surface area contributed by atoms with E-state index in [0.717, 1.165) is 41.8 Å². The van der Waals surface area contributed by atoms with Crippen LogP contribution in [0.25, 0.3) is 10.2 Å². The SMILES string of the molecule is Nc1nc2ccc(CNC3C4C5CCC(C5)C34)cc2s1. The smallest absolute Gasteiger partial charge is 0.181 e. The lowest BCUT2D eigenvalue weighted by atomic mass is 10.0. The second-order valence-electron chi connectivity index (χ2n) is 6.75. The number of aromatic nitrogens is 1. The van der Waals surface area contributed by atoms with Crippen LogP contribution in [0, 0.1) is 23.7 Å². The Labute approximate surface area is 122 Å². The van der Waals surface area contributed by atoms with Crippen LogP contribution < -0.4 is 11.1 Å². The lowest BCUT2D eigenvalue weighted by Crippen LogP contribution is -2.22. The molecule has 1 heterocycles. The molecule has 4 atom stereocenters. The van der Waals surface area contributed by atoms with Gasteiger partial charge in [0.25, 0.3) is 0 Å². The van der Waals surface area contributed by atoms with Crippen molar-refractivity contribution in [2.45, 2.75) is 31.8 Å². The molecule has 0 aliphatic heterocycles. The van der Waals surface area contributed by atoms with Crippen molar-refractivity contribution in [3.05, 3.63) is 23.8 Å². The fraction of sp³-hybridized carbons (Fsp3) is 0.562. The average molecular weight is 285 g/mol. The molecule has 1 aromatic carbocycles. The molecule has 0 spiro atoms. The van der Waals surface area contributed by atoms with Crippen LogP contribution in [0.1, 0.15) is 24.8 Å². The predicted octanol–water partition coefficient (Wildman–Crippen LogP) is 3.01. The number of hydrogen-bond donors (Lipinski definition) is 2. The van der Waals surface area contributed by atoms with Gasteiger partial charge in [0.1, 0.15) is 0 Å². The highest BCUT2D eigenvalue weighted by Crippen LogP contribution is 2.65. The number of fused-ring (bicyclic) bond motifs is 6. The zero-order valence-corrected chi connectivity index (χ0v) is 12.2. The van der Waals surface area contributed by atoms with Gasteiger partial charge in [0.2, 0.25) is 0 Å². The fourth-order valence-electron chi connectivity index (χ4n) is 4.93. The number of thiazole rings is 1. The largest absolute Gasteiger partial charge is 0.375 e. The number of nitrogens with two attached hydrogens (primary N) is 1. The van der Waals surface area contributed by atoms with Crippen molar-refractivity contribution in [1.29, 1.82) is 0 Å². The van der Waals surface area contributed by atoms with Crippen LogP contribution in [0.15, 0.2) is 18.2 Å². The van der Waals surface area contributed by atoms with Crippen molar-refractivity contribution in [2.24, 2.45) is 23.7 Å². The highest BCUT2D eigenvalue weighted by atomic mass is 32.1. The van der Waals surface area contributed by atoms with E-state index in [4.69, 9.17) is 5.73 Å². The summed E-state index contributed by atoms with van der Waals surface area (Å²) in [6.45, 7) is 0.991. The van der Waals surface area contributed by atoms with E-state index < -0.39 is 0 Å². The third-order valence-electron chi connectivity index (χ3n) is 5.75. The third kappa shape index (κ3) is 1.58. The summed E-state index contributed by atoms with van der Waals surface area (Å²) in [6.07, 6.45) is 4.52. The maximum absolute atomic E-state index is 5.76. The van der Waals surface area contributed by atoms with Crippen LogP contribution in [-0.4, -0.2) is 11.0 Å². The fourth-order valence-corrected chi connectivity index (χ4v) is 5.73. The van der Waals surface area contributed by atoms with Crippen LogP contribution >= 0.6 is 11.3 Å². The third-order valence-corrected chi connectivity index (χ3v) is 6.59. The molecule has 4 unspecified atom stereocenters. The molecular formula is C16H19N3S. The summed E-state index contributed by atoms with van der Waals surface area (Å²) in [5.41, 5.74) is 8.15. The molecule has 20 heavy (non-hydrogen) atoms. The monoisotopic (exact) mass is 285 g/mol. The van der Waals surface area contributed by atoms with Gasteiger partial charge in [-0.2, -0.15) is 0 Å². The molecule has 3 nitrogen and oxygen atoms in total. The van der Waals surface area contributed by atoms with E-state index in [0.29, 0.717) is 5.13 Å². The highest BCUT2D eigenvalue weighted by Gasteiger charge is 2.64. The van der Waals surface area contributed by atoms with E-state index in [-0.39, 0.29) is 0 Å². The second kappa shape index (κ2) is 3.95. The Morgan fingerprint density at radius 1 is 1.25 bits per heavy atom. The minimum atomic E-state index is 0.665. The minimum Gasteiger partial charge on any atom is -0.375 e. The molecule has 0 amide bonds. The summed E-state index contributed by atoms with van der Waals surface area (Å²) in [7, 11) is 0. The Kier molecular flexibility index (Phi) is 2.28. The molecule has 0 radical (unpaired) electrons. The lowest BCUT2D eigenvalue weighted by molar-refractivity contribution is 0.456. The summed E-state index contributed by atoms with van der Waals surface area (Å²) >= 11 is 1.58. The van der Waals surface area contributed by atoms with Gasteiger partial charge in [-0.15, -0.1) is 0 Å². The van der Waals surface area contributed by atoms with E-state index in [1.165, 1.54) is 29.5 Å². The van der Waals surface area contributed by atoms with Gasteiger partial charge in [-0.25, -0.2) is 4.98 Å². The van der Waals surface area contributed by atoms with Gasteiger partial charge in [0.05, 0.1) is 10.2 Å². The van der Waals surface area contributed by atoms with Gasteiger partial charge in [-0.05, 0) is 60.6 Å². The van der Waals surface area contributed by atoms with Gasteiger partial charge >= 0.3 is 0 Å². The Bertz CT molecular complexity index is 663. The number of nitrogens with one attached hydrogen (secondary N) is 1. The molecule has 3 aliphatic carbocycles. The Morgan fingerprint density at radius 3 is 2.85 bits per heavy atom. The number of nitrogen functional groups attached to an aromatic ring is 1. The molecule has 3 fully saturated rings. The van der Waals surface area contributed by atoms with Crippen molar-refractivity contribution >= 4 is 26.7 Å². The second-order valence-corrected chi connectivity index (χ2v) is 7.81. The van der Waals surface area contributed by atoms with Crippen LogP contribution in [0.3, 0.4) is 0 Å². The predicted molar refractivity (Wildman–Crippen MR) is 82.5 cm³/mol. The van der Waals surface area contributed by atoms with Gasteiger partial charge in [0, 0.05) is 12.6 Å². The first-order chi connectivity index (χ1) is 9.79. The summed E-state index contributed by atoms with van der Waals surface area (Å²) in [6, 6.07) is 7.32. The zero-order chi connectivity index (χ0) is 13.3. The molecule has 2 bridgehead atoms. The first-order valence-corrected chi connectivity index (χ1v) is 8.49. The molecule has 104 valence electrons. The summed E-state index contributed by atoms with van der Waals surface area (Å²) in [5, 5.41) is 4.47.